The number of halogens is 2. The third-order valence-corrected chi connectivity index (χ3v) is 5.44. The molecule has 1 fully saturated rings. The second kappa shape index (κ2) is 9.06. The molecule has 1 aromatic carbocycles. The van der Waals surface area contributed by atoms with Crippen molar-refractivity contribution >= 4 is 29.1 Å². The quantitative estimate of drug-likeness (QED) is 0.686. The second-order valence-electron chi connectivity index (χ2n) is 6.69. The highest BCUT2D eigenvalue weighted by Crippen LogP contribution is 2.25. The third kappa shape index (κ3) is 5.23. The number of aromatic nitrogens is 2. The minimum absolute atomic E-state index is 0.152. The monoisotopic (exact) mass is 410 g/mol. The van der Waals surface area contributed by atoms with Gasteiger partial charge in [0.25, 0.3) is 0 Å². The van der Waals surface area contributed by atoms with E-state index >= 15 is 0 Å². The number of amides is 1. The molecule has 1 saturated heterocycles. The van der Waals surface area contributed by atoms with Crippen LogP contribution in [0.2, 0.25) is 10.0 Å². The summed E-state index contributed by atoms with van der Waals surface area (Å²) in [5, 5.41) is 5.63. The fourth-order valence-electron chi connectivity index (χ4n) is 3.14. The molecule has 1 aromatic heterocycles. The van der Waals surface area contributed by atoms with Gasteiger partial charge in [-0.05, 0) is 31.2 Å². The van der Waals surface area contributed by atoms with Gasteiger partial charge >= 0.3 is 0 Å². The number of piperazine rings is 1. The normalized spacial score (nSPS) is 15.3. The zero-order valence-electron chi connectivity index (χ0n) is 15.6. The van der Waals surface area contributed by atoms with Gasteiger partial charge in [-0.25, -0.2) is 4.68 Å². The SMILES string of the molecule is CC(=O)N1CCN(CCOCc2cc(C)n(-c3ccc(Cl)c(Cl)c3)n2)CC1. The van der Waals surface area contributed by atoms with Crippen LogP contribution in [0.4, 0.5) is 0 Å². The molecule has 0 N–H and O–H groups in total. The van der Waals surface area contributed by atoms with E-state index in [9.17, 15) is 4.79 Å². The molecule has 1 aliphatic rings. The molecule has 0 saturated carbocycles. The predicted molar refractivity (Wildman–Crippen MR) is 107 cm³/mol. The van der Waals surface area contributed by atoms with Crippen LogP contribution in [0, 0.1) is 6.92 Å². The Morgan fingerprint density at radius 2 is 1.89 bits per heavy atom. The van der Waals surface area contributed by atoms with Crippen molar-refractivity contribution < 1.29 is 9.53 Å². The number of carbonyl (C=O) groups excluding carboxylic acids is 1. The molecule has 2 aromatic rings. The van der Waals surface area contributed by atoms with E-state index in [1.807, 2.05) is 28.6 Å². The van der Waals surface area contributed by atoms with Crippen LogP contribution in [0.5, 0.6) is 0 Å². The summed E-state index contributed by atoms with van der Waals surface area (Å²) in [6.07, 6.45) is 0. The highest BCUT2D eigenvalue weighted by molar-refractivity contribution is 6.42. The van der Waals surface area contributed by atoms with E-state index in [2.05, 4.69) is 10.00 Å². The number of rotatable bonds is 6. The lowest BCUT2D eigenvalue weighted by Crippen LogP contribution is -2.48. The zero-order valence-corrected chi connectivity index (χ0v) is 17.1. The van der Waals surface area contributed by atoms with Gasteiger partial charge in [0.15, 0.2) is 0 Å². The molecule has 8 heteroatoms. The van der Waals surface area contributed by atoms with Crippen molar-refractivity contribution in [2.45, 2.75) is 20.5 Å². The summed E-state index contributed by atoms with van der Waals surface area (Å²) in [4.78, 5) is 15.6. The van der Waals surface area contributed by atoms with Crippen LogP contribution < -0.4 is 0 Å². The summed E-state index contributed by atoms with van der Waals surface area (Å²) in [6.45, 7) is 8.96. The summed E-state index contributed by atoms with van der Waals surface area (Å²) in [7, 11) is 0. The fourth-order valence-corrected chi connectivity index (χ4v) is 3.44. The Labute approximate surface area is 169 Å². The fraction of sp³-hybridized carbons (Fsp3) is 0.474. The van der Waals surface area contributed by atoms with Crippen LogP contribution in [0.1, 0.15) is 18.3 Å². The van der Waals surface area contributed by atoms with Crippen molar-refractivity contribution in [1.29, 1.82) is 0 Å². The minimum Gasteiger partial charge on any atom is -0.374 e. The summed E-state index contributed by atoms with van der Waals surface area (Å²) in [5.41, 5.74) is 2.75. The minimum atomic E-state index is 0.152. The van der Waals surface area contributed by atoms with E-state index in [0.29, 0.717) is 23.3 Å². The first-order valence-electron chi connectivity index (χ1n) is 9.00. The van der Waals surface area contributed by atoms with Gasteiger partial charge < -0.3 is 9.64 Å². The Hall–Kier alpha value is -1.60. The van der Waals surface area contributed by atoms with Crippen molar-refractivity contribution in [1.82, 2.24) is 19.6 Å². The molecule has 0 radical (unpaired) electrons. The summed E-state index contributed by atoms with van der Waals surface area (Å²) >= 11 is 12.1. The van der Waals surface area contributed by atoms with Crippen LogP contribution in [-0.2, 0) is 16.1 Å². The Balaban J connectivity index is 1.47. The van der Waals surface area contributed by atoms with Gasteiger partial charge in [-0.2, -0.15) is 5.10 Å². The van der Waals surface area contributed by atoms with Crippen molar-refractivity contribution in [3.63, 3.8) is 0 Å². The molecular formula is C19H24Cl2N4O2. The van der Waals surface area contributed by atoms with Crippen LogP contribution in [-0.4, -0.2) is 64.8 Å². The standard InChI is InChI=1S/C19H24Cl2N4O2/c1-14-11-16(22-25(14)17-3-4-18(20)19(21)12-17)13-27-10-9-23-5-7-24(8-6-23)15(2)26/h3-4,11-12H,5-10,13H2,1-2H3. The molecule has 146 valence electrons. The van der Waals surface area contributed by atoms with Gasteiger partial charge in [0.1, 0.15) is 0 Å². The largest absolute Gasteiger partial charge is 0.374 e. The van der Waals surface area contributed by atoms with Crippen LogP contribution in [0.25, 0.3) is 5.69 Å². The number of hydrogen-bond acceptors (Lipinski definition) is 4. The first-order valence-corrected chi connectivity index (χ1v) is 9.76. The molecule has 1 amide bonds. The molecule has 2 heterocycles. The molecule has 0 bridgehead atoms. The van der Waals surface area contributed by atoms with E-state index < -0.39 is 0 Å². The van der Waals surface area contributed by atoms with E-state index in [-0.39, 0.29) is 5.91 Å². The number of carbonyl (C=O) groups is 1. The average molecular weight is 411 g/mol. The first kappa shape index (κ1) is 20.1. The average Bonchev–Trinajstić information content (AvgIpc) is 3.02. The maximum absolute atomic E-state index is 11.3. The van der Waals surface area contributed by atoms with E-state index in [0.717, 1.165) is 49.8 Å². The maximum Gasteiger partial charge on any atom is 0.219 e. The number of nitrogens with zero attached hydrogens (tertiary/aromatic N) is 4. The summed E-state index contributed by atoms with van der Waals surface area (Å²) in [6, 6.07) is 7.46. The zero-order chi connectivity index (χ0) is 19.4. The molecule has 3 rings (SSSR count). The number of hydrogen-bond donors (Lipinski definition) is 0. The van der Waals surface area contributed by atoms with Crippen molar-refractivity contribution in [2.24, 2.45) is 0 Å². The molecule has 27 heavy (non-hydrogen) atoms. The summed E-state index contributed by atoms with van der Waals surface area (Å²) < 4.78 is 7.63. The van der Waals surface area contributed by atoms with Crippen LogP contribution >= 0.6 is 23.2 Å². The second-order valence-corrected chi connectivity index (χ2v) is 7.50. The molecular weight excluding hydrogens is 387 g/mol. The topological polar surface area (TPSA) is 50.6 Å². The predicted octanol–water partition coefficient (Wildman–Crippen LogP) is 3.17. The Bertz CT molecular complexity index is 801. The van der Waals surface area contributed by atoms with Gasteiger partial charge in [-0.3, -0.25) is 9.69 Å². The summed E-state index contributed by atoms with van der Waals surface area (Å²) in [5.74, 6) is 0.152. The highest BCUT2D eigenvalue weighted by atomic mass is 35.5. The highest BCUT2D eigenvalue weighted by Gasteiger charge is 2.18. The van der Waals surface area contributed by atoms with Crippen LogP contribution in [0.15, 0.2) is 24.3 Å². The smallest absolute Gasteiger partial charge is 0.219 e. The van der Waals surface area contributed by atoms with Crippen molar-refractivity contribution in [2.75, 3.05) is 39.3 Å². The molecule has 0 spiro atoms. The Kier molecular flexibility index (Phi) is 6.76. The lowest BCUT2D eigenvalue weighted by atomic mass is 10.3. The molecule has 6 nitrogen and oxygen atoms in total. The number of ether oxygens (including phenoxy) is 1. The molecule has 0 atom stereocenters. The Morgan fingerprint density at radius 3 is 2.56 bits per heavy atom. The maximum atomic E-state index is 11.3. The lowest BCUT2D eigenvalue weighted by Gasteiger charge is -2.34. The molecule has 0 aliphatic carbocycles. The molecule has 0 unspecified atom stereocenters. The number of aryl methyl sites for hydroxylation is 1. The van der Waals surface area contributed by atoms with E-state index in [1.165, 1.54) is 0 Å². The van der Waals surface area contributed by atoms with Gasteiger partial charge in [0.05, 0.1) is 34.6 Å². The van der Waals surface area contributed by atoms with Crippen molar-refractivity contribution in [3.05, 3.63) is 45.7 Å². The van der Waals surface area contributed by atoms with E-state index in [4.69, 9.17) is 27.9 Å². The first-order chi connectivity index (χ1) is 12.9. The third-order valence-electron chi connectivity index (χ3n) is 4.71. The van der Waals surface area contributed by atoms with Gasteiger partial charge in [-0.15, -0.1) is 0 Å². The van der Waals surface area contributed by atoms with Crippen LogP contribution in [0.3, 0.4) is 0 Å². The number of benzene rings is 1. The molecule has 1 aliphatic heterocycles. The van der Waals surface area contributed by atoms with Crippen molar-refractivity contribution in [3.8, 4) is 5.69 Å². The lowest BCUT2D eigenvalue weighted by molar-refractivity contribution is -0.130. The Morgan fingerprint density at radius 1 is 1.15 bits per heavy atom. The van der Waals surface area contributed by atoms with Gasteiger partial charge in [0.2, 0.25) is 5.91 Å². The van der Waals surface area contributed by atoms with Gasteiger partial charge in [-0.1, -0.05) is 23.2 Å². The van der Waals surface area contributed by atoms with E-state index in [1.54, 1.807) is 19.1 Å². The van der Waals surface area contributed by atoms with Gasteiger partial charge in [0, 0.05) is 45.3 Å².